The van der Waals surface area contributed by atoms with Gasteiger partial charge in [0.05, 0.1) is 6.04 Å². The Hall–Kier alpha value is -2.67. The predicted octanol–water partition coefficient (Wildman–Crippen LogP) is 2.98. The van der Waals surface area contributed by atoms with E-state index in [1.807, 2.05) is 35.7 Å². The third-order valence-electron chi connectivity index (χ3n) is 3.83. The van der Waals surface area contributed by atoms with Crippen LogP contribution in [-0.2, 0) is 9.59 Å². The molecule has 1 atom stereocenters. The Balaban J connectivity index is 1.77. The highest BCUT2D eigenvalue weighted by Crippen LogP contribution is 2.18. The summed E-state index contributed by atoms with van der Waals surface area (Å²) in [4.78, 5) is 34.8. The minimum absolute atomic E-state index is 0.0173. The molecule has 2 rings (SSSR count). The van der Waals surface area contributed by atoms with Crippen molar-refractivity contribution in [2.75, 3.05) is 6.54 Å². The van der Waals surface area contributed by atoms with Crippen LogP contribution in [0, 0.1) is 0 Å². The van der Waals surface area contributed by atoms with E-state index >= 15 is 0 Å². The van der Waals surface area contributed by atoms with Crippen LogP contribution in [0.5, 0.6) is 0 Å². The van der Waals surface area contributed by atoms with Gasteiger partial charge in [-0.1, -0.05) is 30.3 Å². The summed E-state index contributed by atoms with van der Waals surface area (Å²) >= 11 is 1.46. The van der Waals surface area contributed by atoms with Gasteiger partial charge in [0.2, 0.25) is 5.91 Å². The summed E-state index contributed by atoms with van der Waals surface area (Å²) in [5, 5.41) is 18.2. The van der Waals surface area contributed by atoms with Gasteiger partial charge in [-0.3, -0.25) is 14.4 Å². The Bertz CT molecular complexity index is 716. The average Bonchev–Trinajstić information content (AvgIpc) is 3.17. The molecule has 2 aromatic rings. The van der Waals surface area contributed by atoms with Crippen LogP contribution >= 0.6 is 11.3 Å². The minimum atomic E-state index is -0.892. The molecule has 1 aromatic carbocycles. The van der Waals surface area contributed by atoms with Gasteiger partial charge < -0.3 is 15.7 Å². The number of aliphatic carboxylic acids is 1. The fourth-order valence-corrected chi connectivity index (χ4v) is 3.12. The number of thiophene rings is 1. The number of carbonyl (C=O) groups excluding carboxylic acids is 2. The second-order valence-electron chi connectivity index (χ2n) is 5.83. The third-order valence-corrected chi connectivity index (χ3v) is 4.52. The summed E-state index contributed by atoms with van der Waals surface area (Å²) in [5.74, 6) is -1.19. The first-order chi connectivity index (χ1) is 12.6. The smallest absolute Gasteiger partial charge is 0.303 e. The van der Waals surface area contributed by atoms with Crippen molar-refractivity contribution in [2.24, 2.45) is 0 Å². The number of carboxylic acids is 1. The lowest BCUT2D eigenvalue weighted by Gasteiger charge is -2.18. The summed E-state index contributed by atoms with van der Waals surface area (Å²) in [5.41, 5.74) is 1.50. The van der Waals surface area contributed by atoms with Gasteiger partial charge >= 0.3 is 5.97 Å². The lowest BCUT2D eigenvalue weighted by molar-refractivity contribution is -0.137. The fraction of sp³-hybridized carbons (Fsp3) is 0.316. The molecule has 7 heteroatoms. The van der Waals surface area contributed by atoms with E-state index in [1.165, 1.54) is 11.3 Å². The van der Waals surface area contributed by atoms with Gasteiger partial charge in [-0.25, -0.2) is 0 Å². The van der Waals surface area contributed by atoms with Crippen LogP contribution in [0.4, 0.5) is 0 Å². The van der Waals surface area contributed by atoms with Crippen LogP contribution in [0.2, 0.25) is 0 Å². The summed E-state index contributed by atoms with van der Waals surface area (Å²) in [7, 11) is 0. The monoisotopic (exact) mass is 374 g/mol. The molecular weight excluding hydrogens is 352 g/mol. The Morgan fingerprint density at radius 2 is 1.85 bits per heavy atom. The number of carbonyl (C=O) groups is 3. The molecule has 138 valence electrons. The number of hydrogen-bond acceptors (Lipinski definition) is 4. The van der Waals surface area contributed by atoms with Crippen molar-refractivity contribution in [3.8, 4) is 0 Å². The molecule has 1 unspecified atom stereocenters. The maximum Gasteiger partial charge on any atom is 0.303 e. The summed E-state index contributed by atoms with van der Waals surface area (Å²) in [6.07, 6.45) is 1.10. The molecule has 6 nitrogen and oxygen atoms in total. The molecule has 2 amide bonds. The molecule has 1 aromatic heterocycles. The molecule has 3 N–H and O–H groups in total. The highest BCUT2D eigenvalue weighted by molar-refractivity contribution is 7.08. The van der Waals surface area contributed by atoms with Gasteiger partial charge in [-0.05, 0) is 29.9 Å². The second-order valence-corrected chi connectivity index (χ2v) is 6.61. The largest absolute Gasteiger partial charge is 0.481 e. The van der Waals surface area contributed by atoms with E-state index in [0.717, 1.165) is 5.56 Å². The first-order valence-corrected chi connectivity index (χ1v) is 9.37. The second kappa shape index (κ2) is 10.4. The molecule has 0 saturated heterocycles. The van der Waals surface area contributed by atoms with E-state index in [4.69, 9.17) is 5.11 Å². The lowest BCUT2D eigenvalue weighted by atomic mass is 10.0. The molecule has 0 radical (unpaired) electrons. The number of benzene rings is 1. The van der Waals surface area contributed by atoms with Crippen molar-refractivity contribution >= 4 is 29.1 Å². The van der Waals surface area contributed by atoms with E-state index in [-0.39, 0.29) is 30.7 Å². The maximum atomic E-state index is 12.2. The Morgan fingerprint density at radius 1 is 1.08 bits per heavy atom. The van der Waals surface area contributed by atoms with Crippen LogP contribution in [0.1, 0.15) is 47.6 Å². The van der Waals surface area contributed by atoms with E-state index in [9.17, 15) is 14.4 Å². The first kappa shape index (κ1) is 19.7. The molecule has 0 bridgehead atoms. The Kier molecular flexibility index (Phi) is 7.82. The molecule has 0 saturated carbocycles. The van der Waals surface area contributed by atoms with E-state index < -0.39 is 5.97 Å². The van der Waals surface area contributed by atoms with Crippen molar-refractivity contribution in [2.45, 2.75) is 31.7 Å². The van der Waals surface area contributed by atoms with Crippen LogP contribution < -0.4 is 10.6 Å². The maximum absolute atomic E-state index is 12.2. The summed E-state index contributed by atoms with van der Waals surface area (Å²) in [6.45, 7) is 0.410. The van der Waals surface area contributed by atoms with Crippen LogP contribution in [0.15, 0.2) is 47.2 Å². The van der Waals surface area contributed by atoms with E-state index in [2.05, 4.69) is 10.6 Å². The van der Waals surface area contributed by atoms with Crippen LogP contribution in [0.3, 0.4) is 0 Å². The van der Waals surface area contributed by atoms with Crippen molar-refractivity contribution in [3.63, 3.8) is 0 Å². The molecule has 0 spiro atoms. The highest BCUT2D eigenvalue weighted by atomic mass is 32.1. The standard InChI is InChI=1S/C19H22N2O4S/c22-17(7-4-11-20-19(25)15-10-12-26-13-15)21-16(8-9-18(23)24)14-5-2-1-3-6-14/h1-3,5-6,10,12-13,16H,4,7-9,11H2,(H,20,25)(H,21,22)(H,23,24). The summed E-state index contributed by atoms with van der Waals surface area (Å²) in [6, 6.07) is 10.7. The molecule has 0 aliphatic carbocycles. The Morgan fingerprint density at radius 3 is 2.50 bits per heavy atom. The van der Waals surface area contributed by atoms with Gasteiger partial charge in [0.25, 0.3) is 5.91 Å². The highest BCUT2D eigenvalue weighted by Gasteiger charge is 2.16. The van der Waals surface area contributed by atoms with Crippen LogP contribution in [0.25, 0.3) is 0 Å². The third kappa shape index (κ3) is 6.68. The molecule has 0 fully saturated rings. The minimum Gasteiger partial charge on any atom is -0.481 e. The van der Waals surface area contributed by atoms with Gasteiger partial charge in [-0.2, -0.15) is 11.3 Å². The zero-order chi connectivity index (χ0) is 18.8. The molecular formula is C19H22N2O4S. The number of amides is 2. The molecule has 26 heavy (non-hydrogen) atoms. The average molecular weight is 374 g/mol. The molecule has 0 aliphatic heterocycles. The van der Waals surface area contributed by atoms with Crippen molar-refractivity contribution < 1.29 is 19.5 Å². The van der Waals surface area contributed by atoms with Crippen molar-refractivity contribution in [3.05, 3.63) is 58.3 Å². The number of nitrogens with one attached hydrogen (secondary N) is 2. The number of carboxylic acid groups (broad SMARTS) is 1. The topological polar surface area (TPSA) is 95.5 Å². The van der Waals surface area contributed by atoms with Gasteiger partial charge in [0.1, 0.15) is 0 Å². The molecule has 0 aliphatic rings. The summed E-state index contributed by atoms with van der Waals surface area (Å²) < 4.78 is 0. The normalized spacial score (nSPS) is 11.5. The van der Waals surface area contributed by atoms with E-state index in [0.29, 0.717) is 24.9 Å². The number of rotatable bonds is 10. The van der Waals surface area contributed by atoms with Gasteiger partial charge in [0.15, 0.2) is 0 Å². The molecule has 1 heterocycles. The fourth-order valence-electron chi connectivity index (χ4n) is 2.49. The zero-order valence-electron chi connectivity index (χ0n) is 14.3. The first-order valence-electron chi connectivity index (χ1n) is 8.43. The lowest BCUT2D eigenvalue weighted by Crippen LogP contribution is -2.30. The SMILES string of the molecule is O=C(O)CCC(NC(=O)CCCNC(=O)c1ccsc1)c1ccccc1. The Labute approximate surface area is 156 Å². The van der Waals surface area contributed by atoms with Gasteiger partial charge in [-0.15, -0.1) is 0 Å². The van der Waals surface area contributed by atoms with Crippen molar-refractivity contribution in [1.82, 2.24) is 10.6 Å². The van der Waals surface area contributed by atoms with E-state index in [1.54, 1.807) is 11.4 Å². The quantitative estimate of drug-likeness (QED) is 0.557. The van der Waals surface area contributed by atoms with Gasteiger partial charge in [0, 0.05) is 30.3 Å². The van der Waals surface area contributed by atoms with Crippen LogP contribution in [-0.4, -0.2) is 29.4 Å². The predicted molar refractivity (Wildman–Crippen MR) is 100 cm³/mol. The van der Waals surface area contributed by atoms with Crippen molar-refractivity contribution in [1.29, 1.82) is 0 Å². The number of hydrogen-bond donors (Lipinski definition) is 3. The zero-order valence-corrected chi connectivity index (χ0v) is 15.1.